The van der Waals surface area contributed by atoms with Crippen LogP contribution in [-0.2, 0) is 7.05 Å². The van der Waals surface area contributed by atoms with Crippen LogP contribution >= 0.6 is 15.9 Å². The van der Waals surface area contributed by atoms with Gasteiger partial charge in [-0.25, -0.2) is 0 Å². The number of anilines is 3. The lowest BCUT2D eigenvalue weighted by Crippen LogP contribution is -1.99. The summed E-state index contributed by atoms with van der Waals surface area (Å²) in [4.78, 5) is 3.95. The van der Waals surface area contributed by atoms with E-state index in [1.165, 1.54) is 0 Å². The topological polar surface area (TPSA) is 68.8 Å². The van der Waals surface area contributed by atoms with Crippen LogP contribution in [0.3, 0.4) is 0 Å². The van der Waals surface area contributed by atoms with Crippen molar-refractivity contribution in [3.8, 4) is 0 Å². The second-order valence-electron chi connectivity index (χ2n) is 3.09. The quantitative estimate of drug-likeness (QED) is 0.872. The van der Waals surface area contributed by atoms with Crippen LogP contribution in [0.2, 0.25) is 0 Å². The molecule has 0 saturated heterocycles. The molecule has 0 fully saturated rings. The van der Waals surface area contributed by atoms with Crippen LogP contribution in [0.4, 0.5) is 17.2 Å². The van der Waals surface area contributed by atoms with Crippen molar-refractivity contribution in [3.05, 3.63) is 29.1 Å². The Bertz CT molecular complexity index is 459. The van der Waals surface area contributed by atoms with Crippen LogP contribution in [0.1, 0.15) is 0 Å². The first-order valence-corrected chi connectivity index (χ1v) is 5.12. The molecule has 2 heterocycles. The van der Waals surface area contributed by atoms with Crippen LogP contribution < -0.4 is 11.1 Å². The van der Waals surface area contributed by atoms with E-state index < -0.39 is 0 Å². The van der Waals surface area contributed by atoms with E-state index in [2.05, 4.69) is 31.3 Å². The minimum Gasteiger partial charge on any atom is -0.396 e. The van der Waals surface area contributed by atoms with Gasteiger partial charge in [0, 0.05) is 25.5 Å². The SMILES string of the molecule is Cn1ccc(Nc2c(N)cncc2Br)n1. The van der Waals surface area contributed by atoms with Gasteiger partial charge < -0.3 is 11.1 Å². The monoisotopic (exact) mass is 267 g/mol. The minimum absolute atomic E-state index is 0.579. The van der Waals surface area contributed by atoms with Crippen LogP contribution in [-0.4, -0.2) is 14.8 Å². The Morgan fingerprint density at radius 1 is 1.47 bits per heavy atom. The first kappa shape index (κ1) is 9.97. The van der Waals surface area contributed by atoms with Crippen molar-refractivity contribution in [3.63, 3.8) is 0 Å². The number of aryl methyl sites for hydroxylation is 1. The highest BCUT2D eigenvalue weighted by atomic mass is 79.9. The molecular formula is C9H10BrN5. The van der Waals surface area contributed by atoms with E-state index >= 15 is 0 Å². The molecule has 2 aromatic heterocycles. The maximum Gasteiger partial charge on any atom is 0.152 e. The lowest BCUT2D eigenvalue weighted by atomic mass is 10.3. The normalized spacial score (nSPS) is 10.3. The zero-order valence-corrected chi connectivity index (χ0v) is 9.69. The Hall–Kier alpha value is -1.56. The van der Waals surface area contributed by atoms with Gasteiger partial charge in [0.1, 0.15) is 0 Å². The Labute approximate surface area is 95.4 Å². The number of nitrogens with two attached hydrogens (primary N) is 1. The maximum atomic E-state index is 5.79. The van der Waals surface area contributed by atoms with Crippen molar-refractivity contribution in [1.29, 1.82) is 0 Å². The highest BCUT2D eigenvalue weighted by Gasteiger charge is 2.06. The molecule has 0 aliphatic rings. The van der Waals surface area contributed by atoms with Gasteiger partial charge in [0.25, 0.3) is 0 Å². The summed E-state index contributed by atoms with van der Waals surface area (Å²) in [5, 5.41) is 7.31. The van der Waals surface area contributed by atoms with Gasteiger partial charge in [-0.1, -0.05) is 0 Å². The zero-order chi connectivity index (χ0) is 10.8. The fraction of sp³-hybridized carbons (Fsp3) is 0.111. The fourth-order valence-corrected chi connectivity index (χ4v) is 1.64. The number of halogens is 1. The van der Waals surface area contributed by atoms with E-state index in [-0.39, 0.29) is 0 Å². The Kier molecular flexibility index (Phi) is 2.59. The first-order valence-electron chi connectivity index (χ1n) is 4.32. The molecule has 5 nitrogen and oxygen atoms in total. The number of nitrogen functional groups attached to an aromatic ring is 1. The van der Waals surface area contributed by atoms with Crippen molar-refractivity contribution in [2.75, 3.05) is 11.1 Å². The third-order valence-electron chi connectivity index (χ3n) is 1.90. The lowest BCUT2D eigenvalue weighted by Gasteiger charge is -2.07. The van der Waals surface area contributed by atoms with Crippen molar-refractivity contribution >= 4 is 33.1 Å². The van der Waals surface area contributed by atoms with Crippen LogP contribution in [0, 0.1) is 0 Å². The molecule has 0 saturated carbocycles. The van der Waals surface area contributed by atoms with Crippen molar-refractivity contribution < 1.29 is 0 Å². The lowest BCUT2D eigenvalue weighted by molar-refractivity contribution is 0.771. The second-order valence-corrected chi connectivity index (χ2v) is 3.94. The highest BCUT2D eigenvalue weighted by Crippen LogP contribution is 2.29. The summed E-state index contributed by atoms with van der Waals surface area (Å²) < 4.78 is 2.53. The molecular weight excluding hydrogens is 258 g/mol. The first-order chi connectivity index (χ1) is 7.16. The number of nitrogens with one attached hydrogen (secondary N) is 1. The molecule has 0 radical (unpaired) electrons. The predicted molar refractivity (Wildman–Crippen MR) is 62.8 cm³/mol. The molecule has 0 spiro atoms. The molecule has 0 bridgehead atoms. The van der Waals surface area contributed by atoms with Gasteiger partial charge in [-0.3, -0.25) is 9.67 Å². The molecule has 0 aromatic carbocycles. The highest BCUT2D eigenvalue weighted by molar-refractivity contribution is 9.10. The summed E-state index contributed by atoms with van der Waals surface area (Å²) in [6.07, 6.45) is 5.13. The summed E-state index contributed by atoms with van der Waals surface area (Å²) in [5.41, 5.74) is 7.15. The van der Waals surface area contributed by atoms with Gasteiger partial charge in [0.15, 0.2) is 5.82 Å². The van der Waals surface area contributed by atoms with E-state index in [0.29, 0.717) is 5.69 Å². The van der Waals surface area contributed by atoms with Gasteiger partial charge >= 0.3 is 0 Å². The zero-order valence-electron chi connectivity index (χ0n) is 8.11. The number of rotatable bonds is 2. The van der Waals surface area contributed by atoms with Crippen LogP contribution in [0.25, 0.3) is 0 Å². The average Bonchev–Trinajstić information content (AvgIpc) is 2.58. The van der Waals surface area contributed by atoms with Gasteiger partial charge in [-0.15, -0.1) is 0 Å². The van der Waals surface area contributed by atoms with E-state index in [1.807, 2.05) is 19.3 Å². The molecule has 0 atom stereocenters. The van der Waals surface area contributed by atoms with Crippen molar-refractivity contribution in [2.24, 2.45) is 7.05 Å². The summed E-state index contributed by atoms with van der Waals surface area (Å²) in [7, 11) is 1.86. The van der Waals surface area contributed by atoms with E-state index in [4.69, 9.17) is 5.73 Å². The van der Waals surface area contributed by atoms with E-state index in [1.54, 1.807) is 17.1 Å². The molecule has 0 aliphatic carbocycles. The number of hydrogen-bond donors (Lipinski definition) is 2. The van der Waals surface area contributed by atoms with Crippen molar-refractivity contribution in [2.45, 2.75) is 0 Å². The van der Waals surface area contributed by atoms with Crippen LogP contribution in [0.5, 0.6) is 0 Å². The largest absolute Gasteiger partial charge is 0.396 e. The predicted octanol–water partition coefficient (Wildman–Crippen LogP) is 1.90. The summed E-state index contributed by atoms with van der Waals surface area (Å²) in [6, 6.07) is 1.87. The summed E-state index contributed by atoms with van der Waals surface area (Å²) in [6.45, 7) is 0. The summed E-state index contributed by atoms with van der Waals surface area (Å²) in [5.74, 6) is 0.746. The van der Waals surface area contributed by atoms with Gasteiger partial charge in [-0.2, -0.15) is 5.10 Å². The number of hydrogen-bond acceptors (Lipinski definition) is 4. The molecule has 15 heavy (non-hydrogen) atoms. The molecule has 2 rings (SSSR count). The number of nitrogens with zero attached hydrogens (tertiary/aromatic N) is 3. The van der Waals surface area contributed by atoms with Crippen LogP contribution in [0.15, 0.2) is 29.1 Å². The number of aromatic nitrogens is 3. The Balaban J connectivity index is 2.31. The Morgan fingerprint density at radius 2 is 2.27 bits per heavy atom. The molecule has 6 heteroatoms. The number of pyridine rings is 1. The molecule has 0 unspecified atom stereocenters. The Morgan fingerprint density at radius 3 is 2.87 bits per heavy atom. The standard InChI is InChI=1S/C9H10BrN5/c1-15-3-2-8(14-15)13-9-6(10)4-12-5-7(9)11/h2-5H,11H2,1H3,(H,12,13,14). The van der Waals surface area contributed by atoms with Gasteiger partial charge in [0.2, 0.25) is 0 Å². The average molecular weight is 268 g/mol. The van der Waals surface area contributed by atoms with E-state index in [0.717, 1.165) is 16.0 Å². The maximum absolute atomic E-state index is 5.79. The fourth-order valence-electron chi connectivity index (χ4n) is 1.19. The van der Waals surface area contributed by atoms with Crippen molar-refractivity contribution in [1.82, 2.24) is 14.8 Å². The third-order valence-corrected chi connectivity index (χ3v) is 2.50. The summed E-state index contributed by atoms with van der Waals surface area (Å²) >= 11 is 3.37. The molecule has 78 valence electrons. The molecule has 0 aliphatic heterocycles. The minimum atomic E-state index is 0.579. The van der Waals surface area contributed by atoms with E-state index in [9.17, 15) is 0 Å². The molecule has 2 aromatic rings. The smallest absolute Gasteiger partial charge is 0.152 e. The molecule has 3 N–H and O–H groups in total. The van der Waals surface area contributed by atoms with Gasteiger partial charge in [-0.05, 0) is 15.9 Å². The molecule has 0 amide bonds. The second kappa shape index (κ2) is 3.90. The van der Waals surface area contributed by atoms with Gasteiger partial charge in [0.05, 0.1) is 22.0 Å². The third kappa shape index (κ3) is 2.10.